The van der Waals surface area contributed by atoms with E-state index in [2.05, 4.69) is 25.0 Å². The van der Waals surface area contributed by atoms with Crippen LogP contribution in [0, 0.1) is 18.8 Å². The summed E-state index contributed by atoms with van der Waals surface area (Å²) in [5.41, 5.74) is 0.800. The molecule has 2 aliphatic rings. The highest BCUT2D eigenvalue weighted by molar-refractivity contribution is 5.87. The van der Waals surface area contributed by atoms with Crippen LogP contribution in [-0.2, 0) is 14.1 Å². The van der Waals surface area contributed by atoms with Gasteiger partial charge in [-0.05, 0) is 13.0 Å². The van der Waals surface area contributed by atoms with Crippen molar-refractivity contribution < 1.29 is 0 Å². The Hall–Kier alpha value is -2.97. The average molecular weight is 366 g/mol. The molecule has 5 heterocycles. The van der Waals surface area contributed by atoms with Gasteiger partial charge >= 0.3 is 0 Å². The third kappa shape index (κ3) is 2.56. The van der Waals surface area contributed by atoms with E-state index in [1.54, 1.807) is 17.8 Å². The van der Waals surface area contributed by atoms with Crippen molar-refractivity contribution in [1.82, 2.24) is 29.5 Å². The zero-order chi connectivity index (χ0) is 18.7. The van der Waals surface area contributed by atoms with Crippen molar-refractivity contribution in [2.45, 2.75) is 6.92 Å². The molecule has 0 aromatic carbocycles. The van der Waals surface area contributed by atoms with Gasteiger partial charge in [0.25, 0.3) is 5.56 Å². The maximum Gasteiger partial charge on any atom is 0.266 e. The number of hydrogen-bond donors (Lipinski definition) is 0. The summed E-state index contributed by atoms with van der Waals surface area (Å²) < 4.78 is 3.20. The van der Waals surface area contributed by atoms with E-state index in [4.69, 9.17) is 4.98 Å². The lowest BCUT2D eigenvalue weighted by Crippen LogP contribution is -2.31. The second-order valence-electron chi connectivity index (χ2n) is 7.58. The van der Waals surface area contributed by atoms with Gasteiger partial charge in [0.15, 0.2) is 5.65 Å². The fourth-order valence-electron chi connectivity index (χ4n) is 4.37. The summed E-state index contributed by atoms with van der Waals surface area (Å²) in [7, 11) is 3.61. The van der Waals surface area contributed by atoms with Crippen LogP contribution in [0.15, 0.2) is 23.1 Å². The van der Waals surface area contributed by atoms with Crippen LogP contribution in [0.1, 0.15) is 5.82 Å². The van der Waals surface area contributed by atoms with Crippen LogP contribution in [0.5, 0.6) is 0 Å². The molecule has 0 aliphatic carbocycles. The Kier molecular flexibility index (Phi) is 3.46. The number of aryl methyl sites for hydroxylation is 3. The molecule has 0 radical (unpaired) electrons. The van der Waals surface area contributed by atoms with Gasteiger partial charge in [-0.3, -0.25) is 9.48 Å². The van der Waals surface area contributed by atoms with Crippen molar-refractivity contribution >= 4 is 22.7 Å². The first-order valence-corrected chi connectivity index (χ1v) is 9.20. The molecule has 2 aliphatic heterocycles. The van der Waals surface area contributed by atoms with Crippen molar-refractivity contribution in [1.29, 1.82) is 0 Å². The molecule has 5 rings (SSSR count). The molecule has 2 saturated heterocycles. The van der Waals surface area contributed by atoms with E-state index < -0.39 is 0 Å². The summed E-state index contributed by atoms with van der Waals surface area (Å²) in [5.74, 6) is 3.77. The van der Waals surface area contributed by atoms with Gasteiger partial charge in [0, 0.05) is 58.2 Å². The highest BCUT2D eigenvalue weighted by Gasteiger charge is 2.41. The third-order valence-corrected chi connectivity index (χ3v) is 5.74. The predicted molar refractivity (Wildman–Crippen MR) is 102 cm³/mol. The maximum absolute atomic E-state index is 11.6. The molecule has 0 spiro atoms. The molecule has 9 nitrogen and oxygen atoms in total. The van der Waals surface area contributed by atoms with Crippen LogP contribution >= 0.6 is 0 Å². The minimum Gasteiger partial charge on any atom is -0.355 e. The molecular formula is C18H22N8O. The molecule has 2 fully saturated rings. The van der Waals surface area contributed by atoms with Crippen molar-refractivity contribution in [3.63, 3.8) is 0 Å². The Morgan fingerprint density at radius 1 is 0.963 bits per heavy atom. The fourth-order valence-corrected chi connectivity index (χ4v) is 4.37. The maximum atomic E-state index is 11.6. The number of aromatic nitrogens is 6. The first-order valence-electron chi connectivity index (χ1n) is 9.20. The van der Waals surface area contributed by atoms with Crippen LogP contribution < -0.4 is 15.4 Å². The van der Waals surface area contributed by atoms with Gasteiger partial charge < -0.3 is 9.80 Å². The number of anilines is 2. The van der Waals surface area contributed by atoms with Crippen molar-refractivity contribution in [3.8, 4) is 0 Å². The topological polar surface area (TPSA) is 85.0 Å². The molecule has 0 saturated carbocycles. The SMILES string of the molecule is Cc1nc(N2CC3CN(c4ccc(=O)n(C)n4)CC3C2)c2cnn(C)c2n1. The number of rotatable bonds is 2. The molecule has 2 unspecified atom stereocenters. The normalized spacial score (nSPS) is 22.0. The molecule has 2 atom stereocenters. The molecule has 9 heteroatoms. The Bertz CT molecular complexity index is 1070. The van der Waals surface area contributed by atoms with Crippen LogP contribution in [0.25, 0.3) is 11.0 Å². The molecule has 140 valence electrons. The summed E-state index contributed by atoms with van der Waals surface area (Å²) in [6.45, 7) is 5.76. The van der Waals surface area contributed by atoms with E-state index >= 15 is 0 Å². The number of hydrogen-bond acceptors (Lipinski definition) is 7. The Morgan fingerprint density at radius 2 is 1.67 bits per heavy atom. The summed E-state index contributed by atoms with van der Waals surface area (Å²) in [5, 5.41) is 9.76. The van der Waals surface area contributed by atoms with E-state index in [1.165, 1.54) is 4.68 Å². The number of nitrogens with zero attached hydrogens (tertiary/aromatic N) is 8. The lowest BCUT2D eigenvalue weighted by molar-refractivity contribution is 0.533. The van der Waals surface area contributed by atoms with Gasteiger partial charge in [-0.1, -0.05) is 0 Å². The third-order valence-electron chi connectivity index (χ3n) is 5.74. The highest BCUT2D eigenvalue weighted by atomic mass is 16.1. The largest absolute Gasteiger partial charge is 0.355 e. The molecule has 3 aromatic heterocycles. The second-order valence-corrected chi connectivity index (χ2v) is 7.58. The van der Waals surface area contributed by atoms with Gasteiger partial charge in [-0.2, -0.15) is 10.2 Å². The standard InChI is InChI=1S/C18H22N8O/c1-11-20-17-14(6-19-24(17)3)18(21-11)26-9-12-7-25(8-13(12)10-26)15-4-5-16(27)23(2)22-15/h4-6,12-13H,7-10H2,1-3H3. The molecule has 0 N–H and O–H groups in total. The van der Waals surface area contributed by atoms with Gasteiger partial charge in [-0.15, -0.1) is 0 Å². The Morgan fingerprint density at radius 3 is 2.37 bits per heavy atom. The van der Waals surface area contributed by atoms with Crippen LogP contribution in [0.3, 0.4) is 0 Å². The van der Waals surface area contributed by atoms with E-state index in [9.17, 15) is 4.79 Å². The van der Waals surface area contributed by atoms with Crippen LogP contribution in [0.2, 0.25) is 0 Å². The fraction of sp³-hybridized carbons (Fsp3) is 0.500. The van der Waals surface area contributed by atoms with Crippen molar-refractivity contribution in [3.05, 3.63) is 34.5 Å². The average Bonchev–Trinajstić information content (AvgIpc) is 3.30. The van der Waals surface area contributed by atoms with Gasteiger partial charge in [-0.25, -0.2) is 14.6 Å². The summed E-state index contributed by atoms with van der Waals surface area (Å²) in [4.78, 5) is 25.5. The molecule has 3 aromatic rings. The van der Waals surface area contributed by atoms with Crippen LogP contribution in [-0.4, -0.2) is 55.7 Å². The summed E-state index contributed by atoms with van der Waals surface area (Å²) in [6, 6.07) is 3.42. The van der Waals surface area contributed by atoms with E-state index in [0.29, 0.717) is 11.8 Å². The van der Waals surface area contributed by atoms with Crippen molar-refractivity contribution in [2.24, 2.45) is 25.9 Å². The first-order chi connectivity index (χ1) is 13.0. The zero-order valence-corrected chi connectivity index (χ0v) is 15.7. The smallest absolute Gasteiger partial charge is 0.266 e. The van der Waals surface area contributed by atoms with Crippen LogP contribution in [0.4, 0.5) is 11.6 Å². The predicted octanol–water partition coefficient (Wildman–Crippen LogP) is 0.338. The summed E-state index contributed by atoms with van der Waals surface area (Å²) in [6.07, 6.45) is 1.86. The zero-order valence-electron chi connectivity index (χ0n) is 15.7. The lowest BCUT2D eigenvalue weighted by atomic mass is 10.0. The second kappa shape index (κ2) is 5.77. The van der Waals surface area contributed by atoms with Gasteiger partial charge in [0.1, 0.15) is 17.5 Å². The molecular weight excluding hydrogens is 344 g/mol. The quantitative estimate of drug-likeness (QED) is 0.646. The minimum atomic E-state index is -0.0797. The van der Waals surface area contributed by atoms with Gasteiger partial charge in [0.05, 0.1) is 11.6 Å². The molecule has 0 bridgehead atoms. The van der Waals surface area contributed by atoms with Gasteiger partial charge in [0.2, 0.25) is 0 Å². The molecule has 27 heavy (non-hydrogen) atoms. The number of fused-ring (bicyclic) bond motifs is 2. The minimum absolute atomic E-state index is 0.0797. The Labute approximate surface area is 156 Å². The lowest BCUT2D eigenvalue weighted by Gasteiger charge is -2.23. The highest BCUT2D eigenvalue weighted by Crippen LogP contribution is 2.36. The van der Waals surface area contributed by atoms with E-state index in [1.807, 2.05) is 26.2 Å². The van der Waals surface area contributed by atoms with E-state index in [-0.39, 0.29) is 5.56 Å². The molecule has 0 amide bonds. The van der Waals surface area contributed by atoms with Crippen molar-refractivity contribution in [2.75, 3.05) is 36.0 Å². The Balaban J connectivity index is 1.38. The summed E-state index contributed by atoms with van der Waals surface area (Å²) >= 11 is 0. The monoisotopic (exact) mass is 366 g/mol. The first kappa shape index (κ1) is 16.2. The van der Waals surface area contributed by atoms with E-state index in [0.717, 1.165) is 54.7 Å².